The molecule has 24 heavy (non-hydrogen) atoms. The second kappa shape index (κ2) is 6.96. The lowest BCUT2D eigenvalue weighted by atomic mass is 9.93. The maximum Gasteiger partial charge on any atom is 0.275 e. The van der Waals surface area contributed by atoms with Crippen molar-refractivity contribution in [3.8, 4) is 0 Å². The first-order valence-corrected chi connectivity index (χ1v) is 10.4. The molecule has 0 fully saturated rings. The highest BCUT2D eigenvalue weighted by atomic mass is 33.2. The molecule has 0 amide bonds. The number of benzene rings is 2. The molecule has 0 bridgehead atoms. The van der Waals surface area contributed by atoms with E-state index in [-0.39, 0.29) is 11.1 Å². The topological polar surface area (TPSA) is 88.5 Å². The van der Waals surface area contributed by atoms with Crippen LogP contribution in [0.2, 0.25) is 0 Å². The summed E-state index contributed by atoms with van der Waals surface area (Å²) in [7, 11) is -7.79. The van der Waals surface area contributed by atoms with Crippen LogP contribution in [0.15, 0.2) is 42.5 Å². The highest BCUT2D eigenvalue weighted by molar-refractivity contribution is 8.62. The number of ketones is 1. The number of hydrogen-bond acceptors (Lipinski definition) is 4. The van der Waals surface area contributed by atoms with Crippen LogP contribution in [0.4, 0.5) is 0 Å². The quantitative estimate of drug-likeness (QED) is 0.499. The standard InChI is InChI=1S/C17H18O5S2/c1-11-9-12(2)15(13(3)10-11)17(24(21,22)23(19)20)16(18)14-7-5-4-6-8-14/h4-10,17H,1-3H3,(H,19,20). The Hall–Kier alpha value is -1.83. The Balaban J connectivity index is 2.75. The minimum atomic E-state index is -4.62. The number of aryl methyl sites for hydroxylation is 3. The van der Waals surface area contributed by atoms with Crippen LogP contribution in [0.25, 0.3) is 0 Å². The predicted molar refractivity (Wildman–Crippen MR) is 93.9 cm³/mol. The van der Waals surface area contributed by atoms with Gasteiger partial charge in [-0.3, -0.25) is 9.35 Å². The zero-order valence-corrected chi connectivity index (χ0v) is 15.1. The summed E-state index contributed by atoms with van der Waals surface area (Å²) in [6, 6.07) is 11.4. The lowest BCUT2D eigenvalue weighted by molar-refractivity contribution is 0.0986. The van der Waals surface area contributed by atoms with E-state index in [1.807, 2.05) is 6.92 Å². The molecule has 0 saturated carbocycles. The molecule has 0 aliphatic heterocycles. The number of rotatable bonds is 5. The van der Waals surface area contributed by atoms with E-state index in [4.69, 9.17) is 0 Å². The normalized spacial score (nSPS) is 14.2. The first-order chi connectivity index (χ1) is 11.2. The molecule has 0 heterocycles. The molecule has 1 N–H and O–H groups in total. The van der Waals surface area contributed by atoms with E-state index in [2.05, 4.69) is 0 Å². The lowest BCUT2D eigenvalue weighted by Crippen LogP contribution is -2.27. The molecule has 0 aliphatic carbocycles. The maximum atomic E-state index is 12.9. The van der Waals surface area contributed by atoms with Gasteiger partial charge in [0.15, 0.2) is 11.0 Å². The Labute approximate surface area is 143 Å². The van der Waals surface area contributed by atoms with E-state index in [9.17, 15) is 22.0 Å². The highest BCUT2D eigenvalue weighted by Gasteiger charge is 2.40. The van der Waals surface area contributed by atoms with Crippen LogP contribution >= 0.6 is 0 Å². The second-order valence-corrected chi connectivity index (χ2v) is 9.77. The summed E-state index contributed by atoms with van der Waals surface area (Å²) >= 11 is 0. The summed E-state index contributed by atoms with van der Waals surface area (Å²) < 4.78 is 45.6. The van der Waals surface area contributed by atoms with Crippen molar-refractivity contribution in [3.63, 3.8) is 0 Å². The Morgan fingerprint density at radius 2 is 1.54 bits per heavy atom. The summed E-state index contributed by atoms with van der Waals surface area (Å²) in [4.78, 5) is 12.9. The Morgan fingerprint density at radius 3 is 2.00 bits per heavy atom. The summed E-state index contributed by atoms with van der Waals surface area (Å²) in [5, 5.41) is -1.72. The van der Waals surface area contributed by atoms with E-state index in [0.29, 0.717) is 11.1 Å². The fourth-order valence-corrected chi connectivity index (χ4v) is 5.12. The third kappa shape index (κ3) is 3.48. The predicted octanol–water partition coefficient (Wildman–Crippen LogP) is 3.09. The molecular weight excluding hydrogens is 348 g/mol. The summed E-state index contributed by atoms with van der Waals surface area (Å²) in [6.45, 7) is 5.24. The van der Waals surface area contributed by atoms with Gasteiger partial charge in [-0.15, -0.1) is 0 Å². The first kappa shape index (κ1) is 18.5. The minimum Gasteiger partial charge on any atom is -0.294 e. The van der Waals surface area contributed by atoms with E-state index in [1.54, 1.807) is 44.2 Å². The number of carbonyl (C=O) groups excluding carboxylic acids is 1. The third-order valence-corrected chi connectivity index (χ3v) is 6.98. The van der Waals surface area contributed by atoms with Crippen molar-refractivity contribution >= 4 is 24.8 Å². The summed E-state index contributed by atoms with van der Waals surface area (Å²) in [5.74, 6) is -0.715. The molecule has 0 spiro atoms. The maximum absolute atomic E-state index is 12.9. The SMILES string of the molecule is Cc1cc(C)c(C(C(=O)c2ccccc2)S(=O)(=O)S(=O)O)c(C)c1. The molecule has 2 unspecified atom stereocenters. The van der Waals surface area contributed by atoms with Crippen molar-refractivity contribution in [2.24, 2.45) is 0 Å². The van der Waals surface area contributed by atoms with Gasteiger partial charge in [-0.05, 0) is 37.5 Å². The smallest absolute Gasteiger partial charge is 0.275 e. The van der Waals surface area contributed by atoms with E-state index < -0.39 is 30.0 Å². The van der Waals surface area contributed by atoms with Gasteiger partial charge in [0.1, 0.15) is 0 Å². The van der Waals surface area contributed by atoms with Crippen molar-refractivity contribution in [2.75, 3.05) is 0 Å². The van der Waals surface area contributed by atoms with Crippen molar-refractivity contribution in [3.05, 3.63) is 70.3 Å². The van der Waals surface area contributed by atoms with Crippen molar-refractivity contribution in [2.45, 2.75) is 26.0 Å². The number of carbonyl (C=O) groups is 1. The fraction of sp³-hybridized carbons (Fsp3) is 0.235. The fourth-order valence-electron chi connectivity index (χ4n) is 2.85. The molecule has 0 aromatic heterocycles. The van der Waals surface area contributed by atoms with Gasteiger partial charge < -0.3 is 0 Å². The number of Topliss-reactive ketones (excluding diaryl/α,β-unsaturated/α-hetero) is 1. The van der Waals surface area contributed by atoms with Gasteiger partial charge in [-0.25, -0.2) is 12.6 Å². The molecular formula is C17H18O5S2. The van der Waals surface area contributed by atoms with Gasteiger partial charge in [0.2, 0.25) is 0 Å². The molecule has 2 aromatic rings. The van der Waals surface area contributed by atoms with Crippen LogP contribution < -0.4 is 0 Å². The average molecular weight is 366 g/mol. The summed E-state index contributed by atoms with van der Waals surface area (Å²) in [5.41, 5.74) is 2.54. The average Bonchev–Trinajstić information content (AvgIpc) is 2.50. The van der Waals surface area contributed by atoms with Crippen LogP contribution in [0.3, 0.4) is 0 Å². The van der Waals surface area contributed by atoms with Gasteiger partial charge in [0.25, 0.3) is 19.0 Å². The third-order valence-electron chi connectivity index (χ3n) is 3.78. The molecule has 2 atom stereocenters. The minimum absolute atomic E-state index is 0.177. The van der Waals surface area contributed by atoms with Crippen molar-refractivity contribution in [1.82, 2.24) is 0 Å². The second-order valence-electron chi connectivity index (χ2n) is 5.63. The van der Waals surface area contributed by atoms with Crippen molar-refractivity contribution in [1.29, 1.82) is 0 Å². The molecule has 5 nitrogen and oxygen atoms in total. The molecule has 7 heteroatoms. The summed E-state index contributed by atoms with van der Waals surface area (Å²) in [6.07, 6.45) is 0. The monoisotopic (exact) mass is 366 g/mol. The molecule has 0 radical (unpaired) electrons. The largest absolute Gasteiger partial charge is 0.294 e. The number of hydrogen-bond donors (Lipinski definition) is 1. The Kier molecular flexibility index (Phi) is 5.37. The Bertz CT molecular complexity index is 879. The van der Waals surface area contributed by atoms with Crippen LogP contribution in [-0.4, -0.2) is 23.0 Å². The van der Waals surface area contributed by atoms with Gasteiger partial charge >= 0.3 is 0 Å². The van der Waals surface area contributed by atoms with Crippen LogP contribution in [0.1, 0.15) is 37.9 Å². The molecule has 2 aromatic carbocycles. The van der Waals surface area contributed by atoms with Gasteiger partial charge in [0.05, 0.1) is 0 Å². The highest BCUT2D eigenvalue weighted by Crippen LogP contribution is 2.34. The Morgan fingerprint density at radius 1 is 1.04 bits per heavy atom. The van der Waals surface area contributed by atoms with E-state index >= 15 is 0 Å². The lowest BCUT2D eigenvalue weighted by Gasteiger charge is -2.20. The zero-order chi connectivity index (χ0) is 18.1. The van der Waals surface area contributed by atoms with E-state index in [1.165, 1.54) is 12.1 Å². The van der Waals surface area contributed by atoms with Crippen LogP contribution in [0.5, 0.6) is 0 Å². The molecule has 0 aliphatic rings. The van der Waals surface area contributed by atoms with Crippen LogP contribution in [0, 0.1) is 20.8 Å². The van der Waals surface area contributed by atoms with Crippen molar-refractivity contribution < 1.29 is 22.0 Å². The van der Waals surface area contributed by atoms with E-state index in [0.717, 1.165) is 5.56 Å². The zero-order valence-electron chi connectivity index (χ0n) is 13.5. The molecule has 2 rings (SSSR count). The molecule has 128 valence electrons. The molecule has 0 saturated heterocycles. The van der Waals surface area contributed by atoms with Gasteiger partial charge in [-0.1, -0.05) is 48.0 Å². The van der Waals surface area contributed by atoms with Gasteiger partial charge in [0, 0.05) is 5.56 Å². The first-order valence-electron chi connectivity index (χ1n) is 7.18. The van der Waals surface area contributed by atoms with Crippen LogP contribution in [-0.2, 0) is 19.0 Å². The van der Waals surface area contributed by atoms with Gasteiger partial charge in [-0.2, -0.15) is 0 Å².